The molecule has 0 atom stereocenters. The molecule has 0 radical (unpaired) electrons. The number of halogens is 2. The molecule has 0 aliphatic heterocycles. The van der Waals surface area contributed by atoms with E-state index in [-0.39, 0.29) is 11.3 Å². The molecule has 0 spiro atoms. The number of nitrogens with one attached hydrogen (secondary N) is 1. The molecular weight excluding hydrogens is 365 g/mol. The third kappa shape index (κ3) is 4.02. The summed E-state index contributed by atoms with van der Waals surface area (Å²) < 4.78 is 5.55. The lowest BCUT2D eigenvalue weighted by atomic mass is 10.2. The van der Waals surface area contributed by atoms with Gasteiger partial charge in [-0.15, -0.1) is 0 Å². The van der Waals surface area contributed by atoms with Gasteiger partial charge >= 0.3 is 5.97 Å². The molecule has 3 rings (SSSR count). The molecule has 0 aliphatic carbocycles. The average Bonchev–Trinajstić information content (AvgIpc) is 3.04. The summed E-state index contributed by atoms with van der Waals surface area (Å²) in [7, 11) is 0. The maximum atomic E-state index is 12.3. The van der Waals surface area contributed by atoms with Crippen molar-refractivity contribution < 1.29 is 19.1 Å². The van der Waals surface area contributed by atoms with Crippen LogP contribution in [0.5, 0.6) is 0 Å². The van der Waals surface area contributed by atoms with Gasteiger partial charge in [0, 0.05) is 21.3 Å². The van der Waals surface area contributed by atoms with E-state index in [1.165, 1.54) is 18.2 Å². The Kier molecular flexibility index (Phi) is 4.79. The van der Waals surface area contributed by atoms with Crippen molar-refractivity contribution in [2.24, 2.45) is 0 Å². The van der Waals surface area contributed by atoms with Gasteiger partial charge in [0.2, 0.25) is 0 Å². The quantitative estimate of drug-likeness (QED) is 0.656. The molecule has 0 aliphatic rings. The normalized spacial score (nSPS) is 10.5. The van der Waals surface area contributed by atoms with E-state index in [4.69, 9.17) is 32.7 Å². The molecule has 0 saturated heterocycles. The van der Waals surface area contributed by atoms with Crippen molar-refractivity contribution >= 4 is 40.8 Å². The predicted molar refractivity (Wildman–Crippen MR) is 95.5 cm³/mol. The number of rotatable bonds is 4. The molecule has 1 aromatic heterocycles. The van der Waals surface area contributed by atoms with Gasteiger partial charge in [0.05, 0.1) is 5.56 Å². The molecule has 2 aromatic carbocycles. The highest BCUT2D eigenvalue weighted by atomic mass is 35.5. The fourth-order valence-electron chi connectivity index (χ4n) is 2.23. The first-order valence-electron chi connectivity index (χ1n) is 7.13. The molecule has 0 fully saturated rings. The van der Waals surface area contributed by atoms with Gasteiger partial charge in [-0.3, -0.25) is 4.79 Å². The number of anilines is 1. The number of amides is 1. The SMILES string of the molecule is O=C(O)c1cccc(NC(=O)c2ccc(-c3cc(Cl)cc(Cl)c3)o2)c1. The van der Waals surface area contributed by atoms with Crippen LogP contribution < -0.4 is 5.32 Å². The minimum absolute atomic E-state index is 0.0755. The van der Waals surface area contributed by atoms with Crippen molar-refractivity contribution in [1.29, 1.82) is 0 Å². The van der Waals surface area contributed by atoms with Crippen LogP contribution in [0.15, 0.2) is 59.0 Å². The summed E-state index contributed by atoms with van der Waals surface area (Å²) in [4.78, 5) is 23.2. The minimum atomic E-state index is -1.07. The fourth-order valence-corrected chi connectivity index (χ4v) is 2.76. The molecule has 0 unspecified atom stereocenters. The monoisotopic (exact) mass is 375 g/mol. The van der Waals surface area contributed by atoms with Crippen molar-refractivity contribution in [3.8, 4) is 11.3 Å². The molecule has 0 bridgehead atoms. The first-order chi connectivity index (χ1) is 11.9. The number of carboxylic acid groups (broad SMARTS) is 1. The number of carboxylic acids is 1. The number of carbonyl (C=O) groups excluding carboxylic acids is 1. The number of hydrogen-bond donors (Lipinski definition) is 2. The standard InChI is InChI=1S/C18H11Cl2NO4/c19-12-6-11(7-13(20)9-12)15-4-5-16(25-15)17(22)21-14-3-1-2-10(8-14)18(23)24/h1-9H,(H,21,22)(H,23,24). The summed E-state index contributed by atoms with van der Waals surface area (Å²) in [6.07, 6.45) is 0. The van der Waals surface area contributed by atoms with Crippen molar-refractivity contribution in [3.05, 3.63) is 76.0 Å². The maximum Gasteiger partial charge on any atom is 0.335 e. The van der Waals surface area contributed by atoms with Crippen LogP contribution in [0.3, 0.4) is 0 Å². The van der Waals surface area contributed by atoms with E-state index in [2.05, 4.69) is 5.32 Å². The van der Waals surface area contributed by atoms with Crippen LogP contribution in [0.4, 0.5) is 5.69 Å². The molecule has 3 aromatic rings. The summed E-state index contributed by atoms with van der Waals surface area (Å²) in [6, 6.07) is 14.0. The van der Waals surface area contributed by atoms with Gasteiger partial charge in [-0.25, -0.2) is 4.79 Å². The van der Waals surface area contributed by atoms with Crippen LogP contribution in [-0.2, 0) is 0 Å². The molecule has 25 heavy (non-hydrogen) atoms. The molecule has 7 heteroatoms. The Morgan fingerprint density at radius 1 is 0.960 bits per heavy atom. The van der Waals surface area contributed by atoms with Gasteiger partial charge in [-0.1, -0.05) is 29.3 Å². The van der Waals surface area contributed by atoms with Crippen LogP contribution in [0.1, 0.15) is 20.9 Å². The van der Waals surface area contributed by atoms with Gasteiger partial charge in [-0.05, 0) is 48.5 Å². The number of aromatic carboxylic acids is 1. The van der Waals surface area contributed by atoms with Crippen LogP contribution in [0, 0.1) is 0 Å². The lowest BCUT2D eigenvalue weighted by Crippen LogP contribution is -2.11. The highest BCUT2D eigenvalue weighted by molar-refractivity contribution is 6.35. The van der Waals surface area contributed by atoms with E-state index in [1.54, 1.807) is 36.4 Å². The maximum absolute atomic E-state index is 12.3. The van der Waals surface area contributed by atoms with E-state index in [0.717, 1.165) is 0 Å². The first kappa shape index (κ1) is 17.1. The highest BCUT2D eigenvalue weighted by Crippen LogP contribution is 2.28. The first-order valence-corrected chi connectivity index (χ1v) is 7.89. The summed E-state index contributed by atoms with van der Waals surface area (Å²) in [5, 5.41) is 12.5. The summed E-state index contributed by atoms with van der Waals surface area (Å²) >= 11 is 11.9. The van der Waals surface area contributed by atoms with E-state index in [1.807, 2.05) is 0 Å². The summed E-state index contributed by atoms with van der Waals surface area (Å²) in [5.74, 6) is -1.06. The van der Waals surface area contributed by atoms with E-state index in [9.17, 15) is 9.59 Å². The van der Waals surface area contributed by atoms with Crippen LogP contribution in [0.25, 0.3) is 11.3 Å². The van der Waals surface area contributed by atoms with Crippen LogP contribution in [0.2, 0.25) is 10.0 Å². The lowest BCUT2D eigenvalue weighted by molar-refractivity contribution is 0.0696. The van der Waals surface area contributed by atoms with Gasteiger partial charge in [0.15, 0.2) is 5.76 Å². The zero-order chi connectivity index (χ0) is 18.0. The number of carbonyl (C=O) groups is 2. The van der Waals surface area contributed by atoms with Crippen molar-refractivity contribution in [3.63, 3.8) is 0 Å². The molecular formula is C18H11Cl2NO4. The van der Waals surface area contributed by atoms with E-state index >= 15 is 0 Å². The van der Waals surface area contributed by atoms with Crippen LogP contribution >= 0.6 is 23.2 Å². The Labute approximate surface area is 152 Å². The molecule has 5 nitrogen and oxygen atoms in total. The second-order valence-electron chi connectivity index (χ2n) is 5.16. The Morgan fingerprint density at radius 2 is 1.68 bits per heavy atom. The van der Waals surface area contributed by atoms with Gasteiger partial charge in [0.1, 0.15) is 5.76 Å². The van der Waals surface area contributed by atoms with Crippen molar-refractivity contribution in [2.75, 3.05) is 5.32 Å². The Balaban J connectivity index is 1.81. The Hall–Kier alpha value is -2.76. The lowest BCUT2D eigenvalue weighted by Gasteiger charge is -2.04. The molecule has 1 heterocycles. The topological polar surface area (TPSA) is 79.5 Å². The third-order valence-electron chi connectivity index (χ3n) is 3.34. The predicted octanol–water partition coefficient (Wildman–Crippen LogP) is 5.20. The second kappa shape index (κ2) is 7.01. The largest absolute Gasteiger partial charge is 0.478 e. The average molecular weight is 376 g/mol. The summed E-state index contributed by atoms with van der Waals surface area (Å²) in [6.45, 7) is 0. The number of furan rings is 1. The molecule has 126 valence electrons. The zero-order valence-corrected chi connectivity index (χ0v) is 14.1. The molecule has 2 N–H and O–H groups in total. The van der Waals surface area contributed by atoms with Gasteiger partial charge < -0.3 is 14.8 Å². The smallest absolute Gasteiger partial charge is 0.335 e. The zero-order valence-electron chi connectivity index (χ0n) is 12.6. The van der Waals surface area contributed by atoms with E-state index < -0.39 is 11.9 Å². The third-order valence-corrected chi connectivity index (χ3v) is 3.78. The number of hydrogen-bond acceptors (Lipinski definition) is 3. The minimum Gasteiger partial charge on any atom is -0.478 e. The van der Waals surface area contributed by atoms with E-state index in [0.29, 0.717) is 27.1 Å². The second-order valence-corrected chi connectivity index (χ2v) is 6.03. The molecule has 1 amide bonds. The summed E-state index contributed by atoms with van der Waals surface area (Å²) in [5.41, 5.74) is 1.07. The molecule has 0 saturated carbocycles. The number of benzene rings is 2. The highest BCUT2D eigenvalue weighted by Gasteiger charge is 2.14. The Morgan fingerprint density at radius 3 is 2.36 bits per heavy atom. The van der Waals surface area contributed by atoms with Crippen molar-refractivity contribution in [2.45, 2.75) is 0 Å². The van der Waals surface area contributed by atoms with Gasteiger partial charge in [-0.2, -0.15) is 0 Å². The fraction of sp³-hybridized carbons (Fsp3) is 0. The van der Waals surface area contributed by atoms with Crippen molar-refractivity contribution in [1.82, 2.24) is 0 Å². The van der Waals surface area contributed by atoms with Gasteiger partial charge in [0.25, 0.3) is 5.91 Å². The Bertz CT molecular complexity index is 945. The van der Waals surface area contributed by atoms with Crippen LogP contribution in [-0.4, -0.2) is 17.0 Å².